The van der Waals surface area contributed by atoms with Gasteiger partial charge in [-0.1, -0.05) is 40.2 Å². The molecule has 1 amide bonds. The summed E-state index contributed by atoms with van der Waals surface area (Å²) in [6.07, 6.45) is 0.0994. The first-order chi connectivity index (χ1) is 12.9. The number of carboxylic acids is 1. The predicted octanol–water partition coefficient (Wildman–Crippen LogP) is 5.51. The normalized spacial score (nSPS) is 11.8. The summed E-state index contributed by atoms with van der Waals surface area (Å²) < 4.78 is 14.2. The number of aromatic carboxylic acids is 1. The fourth-order valence-electron chi connectivity index (χ4n) is 2.76. The number of thiophene rings is 1. The Morgan fingerprint density at radius 3 is 2.22 bits per heavy atom. The van der Waals surface area contributed by atoms with Crippen molar-refractivity contribution in [2.75, 3.05) is 5.32 Å². The minimum absolute atomic E-state index is 0.0651. The molecule has 0 aliphatic carbocycles. The molecule has 1 heterocycles. The first kappa shape index (κ1) is 19.3. The van der Waals surface area contributed by atoms with Gasteiger partial charge in [-0.25, -0.2) is 9.18 Å². The Balaban J connectivity index is 1.85. The molecule has 1 atom stereocenters. The minimum Gasteiger partial charge on any atom is -0.478 e. The van der Waals surface area contributed by atoms with Crippen LogP contribution in [0.1, 0.15) is 33.8 Å². The van der Waals surface area contributed by atoms with Crippen molar-refractivity contribution in [1.82, 2.24) is 0 Å². The van der Waals surface area contributed by atoms with Gasteiger partial charge in [0.25, 0.3) is 0 Å². The van der Waals surface area contributed by atoms with Gasteiger partial charge in [0.15, 0.2) is 0 Å². The van der Waals surface area contributed by atoms with Crippen LogP contribution in [0, 0.1) is 5.82 Å². The molecule has 0 aliphatic rings. The number of benzene rings is 2. The fraction of sp³-hybridized carbons (Fsp3) is 0.100. The van der Waals surface area contributed by atoms with Gasteiger partial charge >= 0.3 is 5.97 Å². The van der Waals surface area contributed by atoms with Crippen molar-refractivity contribution in [2.45, 2.75) is 12.3 Å². The Bertz CT molecular complexity index is 909. The smallest absolute Gasteiger partial charge is 0.338 e. The molecule has 2 N–H and O–H groups in total. The van der Waals surface area contributed by atoms with E-state index in [1.807, 2.05) is 24.3 Å². The molecule has 27 heavy (non-hydrogen) atoms. The highest BCUT2D eigenvalue weighted by molar-refractivity contribution is 9.10. The van der Waals surface area contributed by atoms with Crippen molar-refractivity contribution >= 4 is 44.8 Å². The van der Waals surface area contributed by atoms with Crippen LogP contribution in [0.5, 0.6) is 0 Å². The molecule has 1 aromatic heterocycles. The average Bonchev–Trinajstić information content (AvgIpc) is 3.10. The summed E-state index contributed by atoms with van der Waals surface area (Å²) in [7, 11) is 0. The van der Waals surface area contributed by atoms with E-state index in [1.54, 1.807) is 17.5 Å². The van der Waals surface area contributed by atoms with Gasteiger partial charge in [-0.15, -0.1) is 11.3 Å². The Morgan fingerprint density at radius 1 is 1.04 bits per heavy atom. The second-order valence-corrected chi connectivity index (χ2v) is 7.57. The van der Waals surface area contributed by atoms with Gasteiger partial charge in [0.2, 0.25) is 5.91 Å². The molecule has 1 unspecified atom stereocenters. The molecular weight excluding hydrogens is 433 g/mol. The van der Waals surface area contributed by atoms with E-state index < -0.39 is 5.97 Å². The quantitative estimate of drug-likeness (QED) is 0.523. The van der Waals surface area contributed by atoms with Crippen LogP contribution in [0.2, 0.25) is 0 Å². The van der Waals surface area contributed by atoms with E-state index in [0.717, 1.165) is 15.6 Å². The molecule has 0 fully saturated rings. The molecule has 7 heteroatoms. The molecule has 0 saturated heterocycles. The van der Waals surface area contributed by atoms with Crippen LogP contribution in [0.25, 0.3) is 0 Å². The Hall–Kier alpha value is -2.51. The predicted molar refractivity (Wildman–Crippen MR) is 107 cm³/mol. The summed E-state index contributed by atoms with van der Waals surface area (Å²) in [4.78, 5) is 23.8. The highest BCUT2D eigenvalue weighted by atomic mass is 79.9. The second kappa shape index (κ2) is 8.45. The molecular formula is C20H15BrFNO3S. The largest absolute Gasteiger partial charge is 0.478 e. The summed E-state index contributed by atoms with van der Waals surface area (Å²) in [5.74, 6) is -2.03. The molecule has 0 radical (unpaired) electrons. The standard InChI is InChI=1S/C20H15BrFNO3S/c21-14-5-1-12(2-6-14)16(13-3-7-15(22)8-4-13)9-19(24)23-18-11-27-10-17(18)20(25)26/h1-8,10-11,16H,9H2,(H,23,24)(H,25,26). The molecule has 2 aromatic carbocycles. The number of anilines is 1. The van der Waals surface area contributed by atoms with Gasteiger partial charge in [-0.3, -0.25) is 4.79 Å². The van der Waals surface area contributed by atoms with Gasteiger partial charge in [0.05, 0.1) is 11.3 Å². The van der Waals surface area contributed by atoms with Gasteiger partial charge in [0.1, 0.15) is 5.82 Å². The maximum Gasteiger partial charge on any atom is 0.338 e. The Kier molecular flexibility index (Phi) is 6.03. The third-order valence-corrected chi connectivity index (χ3v) is 5.37. The van der Waals surface area contributed by atoms with Crippen molar-refractivity contribution in [3.05, 3.63) is 86.3 Å². The van der Waals surface area contributed by atoms with Gasteiger partial charge in [-0.05, 0) is 35.4 Å². The summed E-state index contributed by atoms with van der Waals surface area (Å²) >= 11 is 4.60. The zero-order valence-corrected chi connectivity index (χ0v) is 16.4. The van der Waals surface area contributed by atoms with Crippen molar-refractivity contribution in [2.24, 2.45) is 0 Å². The third kappa shape index (κ3) is 4.81. The number of carbonyl (C=O) groups excluding carboxylic acids is 1. The van der Waals surface area contributed by atoms with Crippen molar-refractivity contribution in [3.63, 3.8) is 0 Å². The lowest BCUT2D eigenvalue weighted by molar-refractivity contribution is -0.116. The number of hydrogen-bond donors (Lipinski definition) is 2. The van der Waals surface area contributed by atoms with Crippen LogP contribution in [0.4, 0.5) is 10.1 Å². The van der Waals surface area contributed by atoms with Crippen LogP contribution >= 0.6 is 27.3 Å². The summed E-state index contributed by atoms with van der Waals surface area (Å²) in [5.41, 5.74) is 2.06. The van der Waals surface area contributed by atoms with Gasteiger partial charge in [0, 0.05) is 27.6 Å². The van der Waals surface area contributed by atoms with Crippen LogP contribution in [-0.4, -0.2) is 17.0 Å². The number of carbonyl (C=O) groups is 2. The lowest BCUT2D eigenvalue weighted by Crippen LogP contribution is -2.17. The van der Waals surface area contributed by atoms with E-state index in [2.05, 4.69) is 21.2 Å². The number of rotatable bonds is 6. The van der Waals surface area contributed by atoms with Crippen molar-refractivity contribution < 1.29 is 19.1 Å². The maximum absolute atomic E-state index is 13.3. The SMILES string of the molecule is O=C(CC(c1ccc(F)cc1)c1ccc(Br)cc1)Nc1cscc1C(=O)O. The molecule has 0 aliphatic heterocycles. The maximum atomic E-state index is 13.3. The van der Waals surface area contributed by atoms with Crippen molar-refractivity contribution in [1.29, 1.82) is 0 Å². The summed E-state index contributed by atoms with van der Waals surface area (Å²) in [6.45, 7) is 0. The fourth-order valence-corrected chi connectivity index (χ4v) is 3.78. The average molecular weight is 448 g/mol. The van der Waals surface area contributed by atoms with Gasteiger partial charge < -0.3 is 10.4 Å². The van der Waals surface area contributed by atoms with E-state index in [0.29, 0.717) is 0 Å². The number of nitrogens with one attached hydrogen (secondary N) is 1. The van der Waals surface area contributed by atoms with E-state index in [1.165, 1.54) is 28.8 Å². The van der Waals surface area contributed by atoms with E-state index in [4.69, 9.17) is 0 Å². The number of carboxylic acid groups (broad SMARTS) is 1. The molecule has 0 bridgehead atoms. The molecule has 0 spiro atoms. The topological polar surface area (TPSA) is 66.4 Å². The molecule has 0 saturated carbocycles. The molecule has 3 rings (SSSR count). The van der Waals surface area contributed by atoms with Crippen LogP contribution in [0.3, 0.4) is 0 Å². The van der Waals surface area contributed by atoms with Crippen LogP contribution < -0.4 is 5.32 Å². The Morgan fingerprint density at radius 2 is 1.63 bits per heavy atom. The number of hydrogen-bond acceptors (Lipinski definition) is 3. The van der Waals surface area contributed by atoms with Gasteiger partial charge in [-0.2, -0.15) is 0 Å². The minimum atomic E-state index is -1.09. The monoisotopic (exact) mass is 447 g/mol. The molecule has 4 nitrogen and oxygen atoms in total. The van der Waals surface area contributed by atoms with E-state index >= 15 is 0 Å². The lowest BCUT2D eigenvalue weighted by atomic mass is 9.88. The first-order valence-corrected chi connectivity index (χ1v) is 9.78. The van der Waals surface area contributed by atoms with Crippen LogP contribution in [-0.2, 0) is 4.79 Å². The van der Waals surface area contributed by atoms with Crippen molar-refractivity contribution in [3.8, 4) is 0 Å². The highest BCUT2D eigenvalue weighted by Gasteiger charge is 2.20. The van der Waals surface area contributed by atoms with E-state index in [9.17, 15) is 19.1 Å². The third-order valence-electron chi connectivity index (χ3n) is 4.10. The zero-order chi connectivity index (χ0) is 19.4. The first-order valence-electron chi connectivity index (χ1n) is 8.04. The lowest BCUT2D eigenvalue weighted by Gasteiger charge is -2.18. The zero-order valence-electron chi connectivity index (χ0n) is 14.0. The number of halogens is 2. The summed E-state index contributed by atoms with van der Waals surface area (Å²) in [5, 5.41) is 14.9. The highest BCUT2D eigenvalue weighted by Crippen LogP contribution is 2.30. The van der Waals surface area contributed by atoms with Crippen LogP contribution in [0.15, 0.2) is 63.8 Å². The number of amides is 1. The second-order valence-electron chi connectivity index (χ2n) is 5.91. The van der Waals surface area contributed by atoms with E-state index in [-0.39, 0.29) is 35.3 Å². The molecule has 3 aromatic rings. The Labute approximate surface area is 167 Å². The molecule has 138 valence electrons. The summed E-state index contributed by atoms with van der Waals surface area (Å²) in [6, 6.07) is 13.6.